The normalized spacial score (nSPS) is 24.9. The molecule has 1 saturated heterocycles. The van der Waals surface area contributed by atoms with Crippen LogP contribution in [0.1, 0.15) is 32.1 Å². The number of hydrogen-bond acceptors (Lipinski definition) is 10. The predicted octanol–water partition coefficient (Wildman–Crippen LogP) is -0.0798. The van der Waals surface area contributed by atoms with E-state index in [0.29, 0.717) is 19.3 Å². The number of phosphoric acid groups is 1. The summed E-state index contributed by atoms with van der Waals surface area (Å²) >= 11 is 0. The highest BCUT2D eigenvalue weighted by Gasteiger charge is 2.56. The Morgan fingerprint density at radius 1 is 1.22 bits per heavy atom. The monoisotopic (exact) mass is 542 g/mol. The molecule has 1 aliphatic rings. The van der Waals surface area contributed by atoms with Crippen LogP contribution in [0.3, 0.4) is 0 Å². The molecular formula is C18H26F3N6O8P. The number of nitrogen functional groups attached to an aromatic ring is 1. The van der Waals surface area contributed by atoms with Gasteiger partial charge in [-0.05, 0) is 19.3 Å². The molecule has 3 rings (SSSR count). The van der Waals surface area contributed by atoms with Crippen LogP contribution in [0.4, 0.5) is 19.0 Å². The number of aliphatic hydroxyl groups is 2. The molecule has 1 amide bonds. The summed E-state index contributed by atoms with van der Waals surface area (Å²) in [5.41, 5.74) is 4.49. The zero-order valence-corrected chi connectivity index (χ0v) is 19.6. The molecule has 0 unspecified atom stereocenters. The van der Waals surface area contributed by atoms with E-state index in [2.05, 4.69) is 19.5 Å². The van der Waals surface area contributed by atoms with Gasteiger partial charge in [-0.2, -0.15) is 13.2 Å². The molecule has 3 heterocycles. The minimum absolute atomic E-state index is 0.0436. The number of amides is 1. The first-order valence-electron chi connectivity index (χ1n) is 10.8. The zero-order chi connectivity index (χ0) is 26.7. The number of nitrogens with one attached hydrogen (secondary N) is 1. The number of nitrogens with zero attached hydrogens (tertiary/aromatic N) is 4. The van der Waals surface area contributed by atoms with Crippen molar-refractivity contribution >= 4 is 30.7 Å². The largest absolute Gasteiger partial charge is 0.471 e. The van der Waals surface area contributed by atoms with Crippen LogP contribution in [-0.4, -0.2) is 83.1 Å². The van der Waals surface area contributed by atoms with Crippen LogP contribution in [-0.2, 0) is 24.3 Å². The molecule has 0 bridgehead atoms. The third-order valence-electron chi connectivity index (χ3n) is 5.70. The second kappa shape index (κ2) is 10.9. The van der Waals surface area contributed by atoms with Gasteiger partial charge in [-0.3, -0.25) is 13.9 Å². The Morgan fingerprint density at radius 3 is 2.58 bits per heavy atom. The van der Waals surface area contributed by atoms with E-state index in [1.54, 1.807) is 5.32 Å². The van der Waals surface area contributed by atoms with Gasteiger partial charge in [0.2, 0.25) is 0 Å². The third-order valence-corrected chi connectivity index (χ3v) is 6.19. The lowest BCUT2D eigenvalue weighted by atomic mass is 9.96. The topological polar surface area (TPSA) is 215 Å². The van der Waals surface area contributed by atoms with Crippen molar-refractivity contribution in [3.63, 3.8) is 0 Å². The van der Waals surface area contributed by atoms with Gasteiger partial charge in [-0.15, -0.1) is 0 Å². The number of fused-ring (bicyclic) bond motifs is 1. The molecule has 1 fully saturated rings. The molecule has 1 aliphatic heterocycles. The molecule has 0 saturated carbocycles. The first-order valence-corrected chi connectivity index (χ1v) is 12.3. The number of carbonyl (C=O) groups excluding carboxylic acids is 1. The summed E-state index contributed by atoms with van der Waals surface area (Å²) in [6.45, 7) is -0.904. The molecule has 14 nitrogen and oxygen atoms in total. The Kier molecular flexibility index (Phi) is 8.55. The van der Waals surface area contributed by atoms with Crippen molar-refractivity contribution in [3.8, 4) is 0 Å². The molecule has 202 valence electrons. The maximum Gasteiger partial charge on any atom is 0.471 e. The number of rotatable bonds is 11. The third kappa shape index (κ3) is 6.29. The van der Waals surface area contributed by atoms with Gasteiger partial charge in [0.15, 0.2) is 17.2 Å². The van der Waals surface area contributed by atoms with Crippen LogP contribution >= 0.6 is 7.82 Å². The molecule has 0 aromatic carbocycles. The Labute approximate surface area is 201 Å². The summed E-state index contributed by atoms with van der Waals surface area (Å²) in [7, 11) is -4.90. The molecule has 0 spiro atoms. The number of ether oxygens (including phenoxy) is 1. The highest BCUT2D eigenvalue weighted by molar-refractivity contribution is 7.46. The summed E-state index contributed by atoms with van der Waals surface area (Å²) in [5.74, 6) is -1.97. The fourth-order valence-electron chi connectivity index (χ4n) is 3.99. The number of aromatic nitrogens is 4. The maximum atomic E-state index is 12.2. The van der Waals surface area contributed by atoms with Crippen molar-refractivity contribution in [2.24, 2.45) is 0 Å². The highest BCUT2D eigenvalue weighted by Crippen LogP contribution is 2.44. The molecule has 2 aromatic heterocycles. The average Bonchev–Trinajstić information content (AvgIpc) is 3.32. The molecule has 0 aliphatic carbocycles. The van der Waals surface area contributed by atoms with E-state index in [4.69, 9.17) is 20.3 Å². The number of phosphoric ester groups is 1. The van der Waals surface area contributed by atoms with Crippen molar-refractivity contribution < 1.29 is 51.8 Å². The summed E-state index contributed by atoms with van der Waals surface area (Å²) in [4.78, 5) is 40.9. The molecule has 36 heavy (non-hydrogen) atoms. The highest BCUT2D eigenvalue weighted by atomic mass is 31.2. The van der Waals surface area contributed by atoms with Crippen LogP contribution in [0.15, 0.2) is 12.7 Å². The predicted molar refractivity (Wildman–Crippen MR) is 115 cm³/mol. The van der Waals surface area contributed by atoms with E-state index in [1.807, 2.05) is 0 Å². The number of hydrogen-bond donors (Lipinski definition) is 6. The molecule has 0 radical (unpaired) electrons. The van der Waals surface area contributed by atoms with Crippen LogP contribution in [0.2, 0.25) is 0 Å². The minimum Gasteiger partial charge on any atom is -0.387 e. The lowest BCUT2D eigenvalue weighted by Gasteiger charge is -2.34. The van der Waals surface area contributed by atoms with E-state index < -0.39 is 50.5 Å². The number of aliphatic hydroxyl groups excluding tert-OH is 2. The van der Waals surface area contributed by atoms with Gasteiger partial charge in [0.05, 0.1) is 12.9 Å². The van der Waals surface area contributed by atoms with Crippen LogP contribution in [0, 0.1) is 0 Å². The Bertz CT molecular complexity index is 1110. The van der Waals surface area contributed by atoms with Crippen molar-refractivity contribution in [1.82, 2.24) is 24.8 Å². The second-order valence-electron chi connectivity index (χ2n) is 8.19. The first-order chi connectivity index (χ1) is 16.8. The summed E-state index contributed by atoms with van der Waals surface area (Å²) in [6.07, 6.45) is -5.56. The van der Waals surface area contributed by atoms with Gasteiger partial charge in [0.25, 0.3) is 0 Å². The van der Waals surface area contributed by atoms with Crippen LogP contribution < -0.4 is 11.1 Å². The number of halogens is 3. The molecule has 7 N–H and O–H groups in total. The fraction of sp³-hybridized carbons (Fsp3) is 0.667. The molecule has 18 heteroatoms. The number of nitrogens with two attached hydrogens (primary N) is 1. The SMILES string of the molecule is Nc1ncnc2c1ncn2[C@]1(CCCCCCNC(=O)C(F)(F)F)O[C@H](COP(=O)(O)O)[C@@H](O)[C@H]1O. The van der Waals surface area contributed by atoms with E-state index in [1.165, 1.54) is 10.9 Å². The van der Waals surface area contributed by atoms with Gasteiger partial charge < -0.3 is 35.8 Å². The Morgan fingerprint density at radius 2 is 1.92 bits per heavy atom. The van der Waals surface area contributed by atoms with Gasteiger partial charge in [0.1, 0.15) is 30.2 Å². The van der Waals surface area contributed by atoms with Gasteiger partial charge in [0, 0.05) is 6.54 Å². The van der Waals surface area contributed by atoms with E-state index in [9.17, 15) is 32.7 Å². The van der Waals surface area contributed by atoms with Gasteiger partial charge >= 0.3 is 19.9 Å². The summed E-state index contributed by atoms with van der Waals surface area (Å²) in [6, 6.07) is 0. The number of imidazole rings is 1. The summed E-state index contributed by atoms with van der Waals surface area (Å²) < 4.78 is 59.5. The minimum atomic E-state index is -4.95. The Balaban J connectivity index is 1.73. The van der Waals surface area contributed by atoms with Gasteiger partial charge in [-0.25, -0.2) is 19.5 Å². The lowest BCUT2D eigenvalue weighted by Crippen LogP contribution is -2.45. The maximum absolute atomic E-state index is 12.2. The first kappa shape index (κ1) is 28.2. The van der Waals surface area contributed by atoms with Crippen molar-refractivity contribution in [2.45, 2.75) is 62.3 Å². The second-order valence-corrected chi connectivity index (χ2v) is 9.43. The quantitative estimate of drug-likeness (QED) is 0.162. The zero-order valence-electron chi connectivity index (χ0n) is 18.7. The van der Waals surface area contributed by atoms with Crippen molar-refractivity contribution in [3.05, 3.63) is 12.7 Å². The Hall–Kier alpha value is -2.40. The van der Waals surface area contributed by atoms with Crippen molar-refractivity contribution in [1.29, 1.82) is 0 Å². The average molecular weight is 542 g/mol. The van der Waals surface area contributed by atoms with E-state index in [-0.39, 0.29) is 36.4 Å². The summed E-state index contributed by atoms with van der Waals surface area (Å²) in [5, 5.41) is 23.3. The number of alkyl halides is 3. The van der Waals surface area contributed by atoms with E-state index in [0.717, 1.165) is 6.33 Å². The number of carbonyl (C=O) groups is 1. The molecular weight excluding hydrogens is 516 g/mol. The molecule has 2 aromatic rings. The fourth-order valence-corrected chi connectivity index (χ4v) is 4.33. The van der Waals surface area contributed by atoms with Crippen molar-refractivity contribution in [2.75, 3.05) is 18.9 Å². The smallest absolute Gasteiger partial charge is 0.387 e. The van der Waals surface area contributed by atoms with Crippen LogP contribution in [0.5, 0.6) is 0 Å². The number of anilines is 1. The number of unbranched alkanes of at least 4 members (excludes halogenated alkanes) is 3. The van der Waals surface area contributed by atoms with Gasteiger partial charge in [-0.1, -0.05) is 12.8 Å². The molecule has 4 atom stereocenters. The lowest BCUT2D eigenvalue weighted by molar-refractivity contribution is -0.173. The van der Waals surface area contributed by atoms with Crippen LogP contribution in [0.25, 0.3) is 11.2 Å². The standard InChI is InChI=1S/C18H26F3N6O8P/c19-18(20,21)16(30)23-6-4-2-1-3-5-17(27-9-26-11-14(22)24-8-25-15(11)27)13(29)12(28)10(35-17)7-34-36(31,32)33/h8-10,12-13,28-29H,1-7H2,(H,23,30)(H2,22,24,25)(H2,31,32,33)/t10-,12-,13-,17-/m1/s1. The van der Waals surface area contributed by atoms with E-state index >= 15 is 0 Å².